The molecule has 0 N–H and O–H groups in total. The van der Waals surface area contributed by atoms with Crippen LogP contribution in [0, 0.1) is 0 Å². The van der Waals surface area contributed by atoms with Crippen LogP contribution in [0.1, 0.15) is 29.7 Å². The number of pyridine rings is 1. The Labute approximate surface area is 108 Å². The summed E-state index contributed by atoms with van der Waals surface area (Å²) in [6.07, 6.45) is 10.8. The van der Waals surface area contributed by atoms with Gasteiger partial charge in [-0.1, -0.05) is 48.1 Å². The van der Waals surface area contributed by atoms with E-state index in [4.69, 9.17) is 0 Å². The Balaban J connectivity index is 1.88. The van der Waals surface area contributed by atoms with E-state index in [1.54, 1.807) is 5.57 Å². The van der Waals surface area contributed by atoms with Crippen LogP contribution in [0.15, 0.2) is 54.2 Å². The molecule has 18 heavy (non-hydrogen) atoms. The van der Waals surface area contributed by atoms with Crippen LogP contribution in [0.5, 0.6) is 0 Å². The zero-order valence-corrected chi connectivity index (χ0v) is 10.2. The topological polar surface area (TPSA) is 12.9 Å². The van der Waals surface area contributed by atoms with Crippen LogP contribution in [0.25, 0.3) is 18.2 Å². The van der Waals surface area contributed by atoms with Crippen LogP contribution in [0.3, 0.4) is 0 Å². The quantitative estimate of drug-likeness (QED) is 0.764. The van der Waals surface area contributed by atoms with E-state index in [9.17, 15) is 0 Å². The molecule has 1 nitrogen and oxygen atoms in total. The molecule has 0 spiro atoms. The van der Waals surface area contributed by atoms with E-state index in [0.717, 1.165) is 5.69 Å². The van der Waals surface area contributed by atoms with Gasteiger partial charge in [0.15, 0.2) is 0 Å². The molecule has 88 valence electrons. The molecule has 2 aromatic rings. The van der Waals surface area contributed by atoms with Gasteiger partial charge in [0.05, 0.1) is 5.69 Å². The first-order chi connectivity index (χ1) is 8.92. The van der Waals surface area contributed by atoms with E-state index in [-0.39, 0.29) is 0 Å². The minimum absolute atomic E-state index is 0.992. The van der Waals surface area contributed by atoms with E-state index in [1.807, 2.05) is 24.4 Å². The van der Waals surface area contributed by atoms with Crippen molar-refractivity contribution >= 4 is 18.2 Å². The molecule has 0 atom stereocenters. The monoisotopic (exact) mass is 233 g/mol. The molecule has 0 unspecified atom stereocenters. The van der Waals surface area contributed by atoms with E-state index in [0.29, 0.717) is 0 Å². The summed E-state index contributed by atoms with van der Waals surface area (Å²) in [5.41, 5.74) is 5.10. The fourth-order valence-corrected chi connectivity index (χ4v) is 1.88. The van der Waals surface area contributed by atoms with Gasteiger partial charge in [0.25, 0.3) is 0 Å². The van der Waals surface area contributed by atoms with Crippen LogP contribution in [-0.4, -0.2) is 4.98 Å². The number of hydrogen-bond donors (Lipinski definition) is 0. The lowest BCUT2D eigenvalue weighted by Gasteiger charge is -2.00. The number of nitrogens with zero attached hydrogens (tertiary/aromatic N) is 1. The first-order valence-electron chi connectivity index (χ1n) is 6.29. The first-order valence-corrected chi connectivity index (χ1v) is 6.29. The van der Waals surface area contributed by atoms with Crippen molar-refractivity contribution in [2.24, 2.45) is 0 Å². The lowest BCUT2D eigenvalue weighted by Crippen LogP contribution is -1.80. The molecule has 0 amide bonds. The molecule has 1 aromatic carbocycles. The molecule has 0 radical (unpaired) electrons. The molecule has 0 bridgehead atoms. The van der Waals surface area contributed by atoms with Gasteiger partial charge in [0.2, 0.25) is 0 Å². The van der Waals surface area contributed by atoms with Crippen molar-refractivity contribution in [1.82, 2.24) is 4.98 Å². The first kappa shape index (κ1) is 11.0. The highest BCUT2D eigenvalue weighted by Crippen LogP contribution is 2.31. The third-order valence-electron chi connectivity index (χ3n) is 3.02. The Morgan fingerprint density at radius 3 is 2.33 bits per heavy atom. The summed E-state index contributed by atoms with van der Waals surface area (Å²) in [6.45, 7) is 0. The molecule has 1 aliphatic carbocycles. The standard InChI is InChI=1S/C17H15N/c1-2-6-16(13-14-8-9-14)15(5-1)10-11-17-7-3-4-12-18-17/h1-7,10-13H,8-9H2/b11-10+. The number of allylic oxidation sites excluding steroid dienone is 1. The van der Waals surface area contributed by atoms with Crippen molar-refractivity contribution in [3.8, 4) is 0 Å². The average Bonchev–Trinajstić information content (AvgIpc) is 3.23. The summed E-state index contributed by atoms with van der Waals surface area (Å²) >= 11 is 0. The summed E-state index contributed by atoms with van der Waals surface area (Å²) in [7, 11) is 0. The Kier molecular flexibility index (Phi) is 3.05. The van der Waals surface area contributed by atoms with Crippen LogP contribution < -0.4 is 0 Å². The molecule has 1 heterocycles. The van der Waals surface area contributed by atoms with Gasteiger partial charge < -0.3 is 0 Å². The maximum atomic E-state index is 4.29. The second-order valence-electron chi connectivity index (χ2n) is 4.52. The summed E-state index contributed by atoms with van der Waals surface area (Å²) in [5.74, 6) is 0. The summed E-state index contributed by atoms with van der Waals surface area (Å²) in [6, 6.07) is 14.4. The summed E-state index contributed by atoms with van der Waals surface area (Å²) in [4.78, 5) is 4.29. The zero-order chi connectivity index (χ0) is 12.2. The van der Waals surface area contributed by atoms with Crippen molar-refractivity contribution in [3.63, 3.8) is 0 Å². The van der Waals surface area contributed by atoms with Crippen molar-refractivity contribution in [3.05, 3.63) is 71.1 Å². The smallest absolute Gasteiger partial charge is 0.0629 e. The van der Waals surface area contributed by atoms with Crippen molar-refractivity contribution in [2.45, 2.75) is 12.8 Å². The molecular formula is C17H15N. The Hall–Kier alpha value is -2.15. The minimum Gasteiger partial charge on any atom is -0.257 e. The second kappa shape index (κ2) is 5.01. The van der Waals surface area contributed by atoms with Crippen molar-refractivity contribution in [2.75, 3.05) is 0 Å². The van der Waals surface area contributed by atoms with E-state index in [2.05, 4.69) is 47.5 Å². The predicted octanol–water partition coefficient (Wildman–Crippen LogP) is 4.43. The SMILES string of the molecule is C(=C1CC1)c1ccccc1/C=C/c1ccccn1. The van der Waals surface area contributed by atoms with Crippen molar-refractivity contribution in [1.29, 1.82) is 0 Å². The lowest BCUT2D eigenvalue weighted by atomic mass is 10.1. The fourth-order valence-electron chi connectivity index (χ4n) is 1.88. The maximum absolute atomic E-state index is 4.29. The highest BCUT2D eigenvalue weighted by molar-refractivity contribution is 5.75. The van der Waals surface area contributed by atoms with Crippen LogP contribution in [-0.2, 0) is 0 Å². The average molecular weight is 233 g/mol. The Morgan fingerprint density at radius 2 is 1.61 bits per heavy atom. The number of benzene rings is 1. The van der Waals surface area contributed by atoms with Crippen LogP contribution in [0.4, 0.5) is 0 Å². The predicted molar refractivity (Wildman–Crippen MR) is 76.8 cm³/mol. The van der Waals surface area contributed by atoms with Gasteiger partial charge in [-0.25, -0.2) is 0 Å². The molecule has 1 saturated carbocycles. The molecule has 0 saturated heterocycles. The molecule has 0 aliphatic heterocycles. The normalized spacial score (nSPS) is 13.9. The third kappa shape index (κ3) is 2.75. The second-order valence-corrected chi connectivity index (χ2v) is 4.52. The van der Waals surface area contributed by atoms with Gasteiger partial charge in [-0.3, -0.25) is 4.98 Å². The molecule has 1 heteroatoms. The van der Waals surface area contributed by atoms with Crippen LogP contribution in [0.2, 0.25) is 0 Å². The molecular weight excluding hydrogens is 218 g/mol. The molecule has 1 aliphatic rings. The minimum atomic E-state index is 0.992. The highest BCUT2D eigenvalue weighted by Gasteiger charge is 2.10. The number of aromatic nitrogens is 1. The van der Waals surface area contributed by atoms with Gasteiger partial charge in [0.1, 0.15) is 0 Å². The molecule has 1 fully saturated rings. The largest absolute Gasteiger partial charge is 0.257 e. The maximum Gasteiger partial charge on any atom is 0.0629 e. The Morgan fingerprint density at radius 1 is 0.833 bits per heavy atom. The number of hydrogen-bond acceptors (Lipinski definition) is 1. The van der Waals surface area contributed by atoms with E-state index in [1.165, 1.54) is 24.0 Å². The van der Waals surface area contributed by atoms with Gasteiger partial charge in [-0.05, 0) is 42.2 Å². The molecule has 3 rings (SSSR count). The summed E-state index contributed by atoms with van der Waals surface area (Å²) < 4.78 is 0. The van der Waals surface area contributed by atoms with Gasteiger partial charge in [-0.2, -0.15) is 0 Å². The zero-order valence-electron chi connectivity index (χ0n) is 10.2. The van der Waals surface area contributed by atoms with E-state index >= 15 is 0 Å². The van der Waals surface area contributed by atoms with Gasteiger partial charge >= 0.3 is 0 Å². The van der Waals surface area contributed by atoms with Crippen molar-refractivity contribution < 1.29 is 0 Å². The highest BCUT2D eigenvalue weighted by atomic mass is 14.6. The van der Waals surface area contributed by atoms with E-state index < -0.39 is 0 Å². The Bertz CT molecular complexity index is 588. The lowest BCUT2D eigenvalue weighted by molar-refractivity contribution is 1.30. The van der Waals surface area contributed by atoms with Gasteiger partial charge in [0, 0.05) is 6.20 Å². The summed E-state index contributed by atoms with van der Waals surface area (Å²) in [5, 5.41) is 0. The third-order valence-corrected chi connectivity index (χ3v) is 3.02. The van der Waals surface area contributed by atoms with Gasteiger partial charge in [-0.15, -0.1) is 0 Å². The van der Waals surface area contributed by atoms with Crippen LogP contribution >= 0.6 is 0 Å². The number of rotatable bonds is 3. The molecule has 1 aromatic heterocycles. The fraction of sp³-hybridized carbons (Fsp3) is 0.118.